The van der Waals surface area contributed by atoms with Crippen LogP contribution in [-0.4, -0.2) is 27.1 Å². The van der Waals surface area contributed by atoms with E-state index < -0.39 is 0 Å². The highest BCUT2D eigenvalue weighted by atomic mass is 79.9. The summed E-state index contributed by atoms with van der Waals surface area (Å²) in [5.74, 6) is 0.714. The van der Waals surface area contributed by atoms with Crippen molar-refractivity contribution >= 4 is 21.8 Å². The molecule has 1 saturated carbocycles. The molecule has 0 saturated heterocycles. The average molecular weight is 286 g/mol. The van der Waals surface area contributed by atoms with Gasteiger partial charge in [0, 0.05) is 24.6 Å². The SMILES string of the molecule is Cc1nn(C)cc1C(=O)NCC(Br)C1CC1. The number of nitrogens with zero attached hydrogens (tertiary/aromatic N) is 2. The van der Waals surface area contributed by atoms with Crippen molar-refractivity contribution in [1.82, 2.24) is 15.1 Å². The first-order valence-electron chi connectivity index (χ1n) is 5.50. The van der Waals surface area contributed by atoms with Crippen molar-refractivity contribution < 1.29 is 4.79 Å². The molecule has 0 spiro atoms. The molecule has 1 N–H and O–H groups in total. The monoisotopic (exact) mass is 285 g/mol. The van der Waals surface area contributed by atoms with Gasteiger partial charge in [-0.05, 0) is 25.7 Å². The zero-order chi connectivity index (χ0) is 11.7. The van der Waals surface area contributed by atoms with Gasteiger partial charge >= 0.3 is 0 Å². The maximum atomic E-state index is 11.8. The first-order chi connectivity index (χ1) is 7.58. The second kappa shape index (κ2) is 4.57. The van der Waals surface area contributed by atoms with E-state index in [4.69, 9.17) is 0 Å². The summed E-state index contributed by atoms with van der Waals surface area (Å²) in [5, 5.41) is 7.09. The Bertz CT molecular complexity index is 398. The number of halogens is 1. The van der Waals surface area contributed by atoms with Crippen LogP contribution in [0, 0.1) is 12.8 Å². The van der Waals surface area contributed by atoms with E-state index in [1.54, 1.807) is 10.9 Å². The fourth-order valence-electron chi connectivity index (χ4n) is 1.73. The lowest BCUT2D eigenvalue weighted by Gasteiger charge is -2.09. The predicted octanol–water partition coefficient (Wildman–Crippen LogP) is 1.63. The molecule has 1 aliphatic rings. The molecular weight excluding hydrogens is 270 g/mol. The minimum atomic E-state index is -0.0318. The smallest absolute Gasteiger partial charge is 0.254 e. The van der Waals surface area contributed by atoms with Crippen molar-refractivity contribution in [2.24, 2.45) is 13.0 Å². The van der Waals surface area contributed by atoms with Crippen LogP contribution in [0.15, 0.2) is 6.20 Å². The van der Waals surface area contributed by atoms with Crippen molar-refractivity contribution in [2.45, 2.75) is 24.6 Å². The number of alkyl halides is 1. The number of hydrogen-bond acceptors (Lipinski definition) is 2. The van der Waals surface area contributed by atoms with E-state index in [1.165, 1.54) is 12.8 Å². The molecule has 1 atom stereocenters. The Morgan fingerprint density at radius 3 is 2.94 bits per heavy atom. The Morgan fingerprint density at radius 2 is 2.44 bits per heavy atom. The van der Waals surface area contributed by atoms with Gasteiger partial charge in [0.25, 0.3) is 5.91 Å². The number of aryl methyl sites for hydroxylation is 2. The fraction of sp³-hybridized carbons (Fsp3) is 0.636. The van der Waals surface area contributed by atoms with Crippen LogP contribution in [0.4, 0.5) is 0 Å². The third-order valence-electron chi connectivity index (χ3n) is 2.85. The summed E-state index contributed by atoms with van der Waals surface area (Å²) in [7, 11) is 1.82. The molecule has 1 aromatic heterocycles. The summed E-state index contributed by atoms with van der Waals surface area (Å²) >= 11 is 3.59. The van der Waals surface area contributed by atoms with Crippen molar-refractivity contribution in [3.8, 4) is 0 Å². The fourth-order valence-corrected chi connectivity index (χ4v) is 2.42. The molecule has 0 aliphatic heterocycles. The maximum Gasteiger partial charge on any atom is 0.254 e. The topological polar surface area (TPSA) is 46.9 Å². The zero-order valence-electron chi connectivity index (χ0n) is 9.53. The molecule has 1 fully saturated rings. The lowest BCUT2D eigenvalue weighted by molar-refractivity contribution is 0.0953. The first-order valence-corrected chi connectivity index (χ1v) is 6.42. The van der Waals surface area contributed by atoms with Crippen LogP contribution >= 0.6 is 15.9 Å². The van der Waals surface area contributed by atoms with Gasteiger partial charge in [-0.1, -0.05) is 15.9 Å². The van der Waals surface area contributed by atoms with Gasteiger partial charge in [0.15, 0.2) is 0 Å². The average Bonchev–Trinajstić information content (AvgIpc) is 3.01. The first kappa shape index (κ1) is 11.6. The molecule has 0 bridgehead atoms. The van der Waals surface area contributed by atoms with E-state index in [0.29, 0.717) is 16.9 Å². The Hall–Kier alpha value is -0.840. The quantitative estimate of drug-likeness (QED) is 0.855. The van der Waals surface area contributed by atoms with E-state index in [0.717, 1.165) is 11.6 Å². The van der Waals surface area contributed by atoms with Crippen molar-refractivity contribution in [1.29, 1.82) is 0 Å². The molecule has 88 valence electrons. The molecule has 1 amide bonds. The van der Waals surface area contributed by atoms with Crippen LogP contribution in [0.1, 0.15) is 28.9 Å². The lowest BCUT2D eigenvalue weighted by atomic mass is 10.2. The molecular formula is C11H16BrN3O. The zero-order valence-corrected chi connectivity index (χ0v) is 11.1. The predicted molar refractivity (Wildman–Crippen MR) is 65.7 cm³/mol. The highest BCUT2D eigenvalue weighted by Gasteiger charge is 2.29. The van der Waals surface area contributed by atoms with Crippen LogP contribution in [0.3, 0.4) is 0 Å². The Morgan fingerprint density at radius 1 is 1.75 bits per heavy atom. The van der Waals surface area contributed by atoms with E-state index in [2.05, 4.69) is 26.3 Å². The maximum absolute atomic E-state index is 11.8. The Kier molecular flexibility index (Phi) is 3.33. The summed E-state index contributed by atoms with van der Waals surface area (Å²) in [6, 6.07) is 0. The van der Waals surface area contributed by atoms with E-state index >= 15 is 0 Å². The van der Waals surface area contributed by atoms with Gasteiger partial charge in [0.1, 0.15) is 0 Å². The van der Waals surface area contributed by atoms with Gasteiger partial charge in [-0.2, -0.15) is 5.10 Å². The van der Waals surface area contributed by atoms with Crippen molar-refractivity contribution in [3.63, 3.8) is 0 Å². The second-order valence-electron chi connectivity index (χ2n) is 4.37. The van der Waals surface area contributed by atoms with Gasteiger partial charge in [-0.25, -0.2) is 0 Å². The summed E-state index contributed by atoms with van der Waals surface area (Å²) < 4.78 is 1.66. The van der Waals surface area contributed by atoms with Gasteiger partial charge in [-0.15, -0.1) is 0 Å². The highest BCUT2D eigenvalue weighted by molar-refractivity contribution is 9.09. The van der Waals surface area contributed by atoms with Crippen LogP contribution in [-0.2, 0) is 7.05 Å². The third kappa shape index (κ3) is 2.64. The van der Waals surface area contributed by atoms with E-state index in [-0.39, 0.29) is 5.91 Å². The minimum absolute atomic E-state index is 0.0318. The molecule has 5 heteroatoms. The highest BCUT2D eigenvalue weighted by Crippen LogP contribution is 2.36. The van der Waals surface area contributed by atoms with Gasteiger partial charge < -0.3 is 5.32 Å². The molecule has 0 radical (unpaired) electrons. The van der Waals surface area contributed by atoms with Crippen LogP contribution < -0.4 is 5.32 Å². The third-order valence-corrected chi connectivity index (χ3v) is 3.92. The van der Waals surface area contributed by atoms with Crippen LogP contribution in [0.25, 0.3) is 0 Å². The van der Waals surface area contributed by atoms with Gasteiger partial charge in [-0.3, -0.25) is 9.48 Å². The number of amides is 1. The molecule has 16 heavy (non-hydrogen) atoms. The standard InChI is InChI=1S/C11H16BrN3O/c1-7-9(6-15(2)14-7)11(16)13-5-10(12)8-3-4-8/h6,8,10H,3-5H2,1-2H3,(H,13,16). The van der Waals surface area contributed by atoms with Crippen LogP contribution in [0.2, 0.25) is 0 Å². The molecule has 4 nitrogen and oxygen atoms in total. The summed E-state index contributed by atoms with van der Waals surface area (Å²) in [6.45, 7) is 2.54. The number of aromatic nitrogens is 2. The molecule has 1 unspecified atom stereocenters. The number of carbonyl (C=O) groups is 1. The molecule has 0 aromatic carbocycles. The van der Waals surface area contributed by atoms with Gasteiger partial charge in [0.2, 0.25) is 0 Å². The minimum Gasteiger partial charge on any atom is -0.351 e. The number of hydrogen-bond donors (Lipinski definition) is 1. The number of carbonyl (C=O) groups excluding carboxylic acids is 1. The summed E-state index contributed by atoms with van der Waals surface area (Å²) in [4.78, 5) is 12.3. The second-order valence-corrected chi connectivity index (χ2v) is 5.54. The molecule has 1 aromatic rings. The van der Waals surface area contributed by atoms with E-state index in [9.17, 15) is 4.79 Å². The van der Waals surface area contributed by atoms with Crippen LogP contribution in [0.5, 0.6) is 0 Å². The van der Waals surface area contributed by atoms with Crippen molar-refractivity contribution in [3.05, 3.63) is 17.5 Å². The molecule has 1 aliphatic carbocycles. The number of rotatable bonds is 4. The summed E-state index contributed by atoms with van der Waals surface area (Å²) in [5.41, 5.74) is 1.44. The van der Waals surface area contributed by atoms with E-state index in [1.807, 2.05) is 14.0 Å². The Labute approximate surface area is 104 Å². The molecule has 1 heterocycles. The Balaban J connectivity index is 1.89. The summed E-state index contributed by atoms with van der Waals surface area (Å²) in [6.07, 6.45) is 4.31. The number of nitrogens with one attached hydrogen (secondary N) is 1. The van der Waals surface area contributed by atoms with Gasteiger partial charge in [0.05, 0.1) is 11.3 Å². The normalized spacial score (nSPS) is 17.2. The largest absolute Gasteiger partial charge is 0.351 e. The molecule has 2 rings (SSSR count). The lowest BCUT2D eigenvalue weighted by Crippen LogP contribution is -2.30. The van der Waals surface area contributed by atoms with Crippen molar-refractivity contribution in [2.75, 3.05) is 6.54 Å².